The van der Waals surface area contributed by atoms with Gasteiger partial charge in [0, 0.05) is 17.5 Å². The predicted molar refractivity (Wildman–Crippen MR) is 77.5 cm³/mol. The number of hydrogen-bond acceptors (Lipinski definition) is 3. The molecule has 2 aromatic rings. The van der Waals surface area contributed by atoms with Crippen LogP contribution >= 0.6 is 11.6 Å². The molecule has 0 spiro atoms. The van der Waals surface area contributed by atoms with Gasteiger partial charge >= 0.3 is 5.97 Å². The number of benzene rings is 2. The maximum absolute atomic E-state index is 12.0. The molecule has 0 bridgehead atoms. The number of ketones is 1. The van der Waals surface area contributed by atoms with E-state index in [9.17, 15) is 9.59 Å². The summed E-state index contributed by atoms with van der Waals surface area (Å²) in [5, 5.41) is 0.411. The molecule has 0 N–H and O–H groups in total. The minimum atomic E-state index is -0.516. The highest BCUT2D eigenvalue weighted by molar-refractivity contribution is 6.31. The highest BCUT2D eigenvalue weighted by atomic mass is 35.5. The molecule has 0 amide bonds. The van der Waals surface area contributed by atoms with Gasteiger partial charge < -0.3 is 4.74 Å². The Labute approximate surface area is 122 Å². The molecule has 0 atom stereocenters. The van der Waals surface area contributed by atoms with Gasteiger partial charge in [0.25, 0.3) is 0 Å². The van der Waals surface area contributed by atoms with Crippen LogP contribution in [0, 0.1) is 0 Å². The van der Waals surface area contributed by atoms with Crippen molar-refractivity contribution in [2.45, 2.75) is 13.3 Å². The van der Waals surface area contributed by atoms with Gasteiger partial charge in [0.05, 0.1) is 11.1 Å². The third-order valence-electron chi connectivity index (χ3n) is 2.78. The highest BCUT2D eigenvalue weighted by Gasteiger charge is 2.15. The molecule has 20 heavy (non-hydrogen) atoms. The molecule has 2 rings (SSSR count). The standard InChI is InChI=1S/C16H13ClO3/c1-2-14(18)13-9-8-12(17)10-15(13)20-16(19)11-6-4-3-5-7-11/h3-10H,2H2,1H3. The average molecular weight is 289 g/mol. The number of carbonyl (C=O) groups excluding carboxylic acids is 2. The van der Waals surface area contributed by atoms with Gasteiger partial charge in [-0.1, -0.05) is 36.7 Å². The van der Waals surface area contributed by atoms with E-state index in [1.54, 1.807) is 43.3 Å². The number of hydrogen-bond donors (Lipinski definition) is 0. The van der Waals surface area contributed by atoms with Crippen LogP contribution in [0.4, 0.5) is 0 Å². The van der Waals surface area contributed by atoms with E-state index in [1.807, 2.05) is 6.07 Å². The van der Waals surface area contributed by atoms with Gasteiger partial charge in [-0.05, 0) is 24.3 Å². The van der Waals surface area contributed by atoms with Crippen molar-refractivity contribution in [3.63, 3.8) is 0 Å². The summed E-state index contributed by atoms with van der Waals surface area (Å²) in [5.41, 5.74) is 0.781. The summed E-state index contributed by atoms with van der Waals surface area (Å²) in [4.78, 5) is 23.8. The molecule has 0 heterocycles. The van der Waals surface area contributed by atoms with Crippen molar-refractivity contribution in [3.05, 3.63) is 64.7 Å². The Hall–Kier alpha value is -2.13. The quantitative estimate of drug-likeness (QED) is 0.482. The first-order valence-electron chi connectivity index (χ1n) is 6.21. The van der Waals surface area contributed by atoms with E-state index in [0.717, 1.165) is 0 Å². The van der Waals surface area contributed by atoms with E-state index >= 15 is 0 Å². The van der Waals surface area contributed by atoms with Gasteiger partial charge in [0.15, 0.2) is 5.78 Å². The van der Waals surface area contributed by atoms with Gasteiger partial charge in [-0.3, -0.25) is 4.79 Å². The molecular formula is C16H13ClO3. The zero-order valence-corrected chi connectivity index (χ0v) is 11.7. The third-order valence-corrected chi connectivity index (χ3v) is 3.01. The minimum absolute atomic E-state index is 0.0995. The van der Waals surface area contributed by atoms with Crippen LogP contribution in [-0.4, -0.2) is 11.8 Å². The number of carbonyl (C=O) groups is 2. The number of Topliss-reactive ketones (excluding diaryl/α,β-unsaturated/α-hetero) is 1. The molecule has 0 fully saturated rings. The number of halogens is 1. The molecular weight excluding hydrogens is 276 g/mol. The molecule has 0 saturated heterocycles. The summed E-state index contributed by atoms with van der Waals surface area (Å²) in [7, 11) is 0. The normalized spacial score (nSPS) is 10.1. The SMILES string of the molecule is CCC(=O)c1ccc(Cl)cc1OC(=O)c1ccccc1. The lowest BCUT2D eigenvalue weighted by Crippen LogP contribution is -2.11. The van der Waals surface area contributed by atoms with E-state index in [1.165, 1.54) is 6.07 Å². The van der Waals surface area contributed by atoms with E-state index in [-0.39, 0.29) is 11.5 Å². The summed E-state index contributed by atoms with van der Waals surface area (Å²) < 4.78 is 5.29. The zero-order valence-electron chi connectivity index (χ0n) is 10.9. The smallest absolute Gasteiger partial charge is 0.343 e. The summed E-state index contributed by atoms with van der Waals surface area (Å²) in [6, 6.07) is 13.2. The Morgan fingerprint density at radius 2 is 1.80 bits per heavy atom. The molecule has 0 saturated carbocycles. The Balaban J connectivity index is 2.31. The lowest BCUT2D eigenvalue weighted by molar-refractivity contribution is 0.0732. The van der Waals surface area contributed by atoms with Crippen molar-refractivity contribution in [2.24, 2.45) is 0 Å². The fourth-order valence-electron chi connectivity index (χ4n) is 1.73. The van der Waals surface area contributed by atoms with Gasteiger partial charge in [0.2, 0.25) is 0 Å². The summed E-state index contributed by atoms with van der Waals surface area (Å²) in [5.74, 6) is -0.422. The van der Waals surface area contributed by atoms with Crippen LogP contribution in [0.2, 0.25) is 5.02 Å². The second-order valence-corrected chi connectivity index (χ2v) is 4.61. The Morgan fingerprint density at radius 3 is 2.45 bits per heavy atom. The van der Waals surface area contributed by atoms with Crippen molar-refractivity contribution in [1.82, 2.24) is 0 Å². The number of esters is 1. The van der Waals surface area contributed by atoms with Crippen molar-refractivity contribution in [1.29, 1.82) is 0 Å². The van der Waals surface area contributed by atoms with Crippen LogP contribution < -0.4 is 4.74 Å². The summed E-state index contributed by atoms with van der Waals surface area (Å²) in [6.45, 7) is 1.75. The fourth-order valence-corrected chi connectivity index (χ4v) is 1.90. The summed E-state index contributed by atoms with van der Waals surface area (Å²) in [6.07, 6.45) is 0.331. The highest BCUT2D eigenvalue weighted by Crippen LogP contribution is 2.25. The molecule has 0 aliphatic rings. The average Bonchev–Trinajstić information content (AvgIpc) is 2.47. The van der Waals surface area contributed by atoms with E-state index < -0.39 is 5.97 Å². The van der Waals surface area contributed by atoms with Crippen molar-refractivity contribution in [2.75, 3.05) is 0 Å². The number of rotatable bonds is 4. The van der Waals surface area contributed by atoms with Crippen molar-refractivity contribution in [3.8, 4) is 5.75 Å². The first-order chi connectivity index (χ1) is 9.61. The van der Waals surface area contributed by atoms with Crippen LogP contribution in [0.5, 0.6) is 5.75 Å². The summed E-state index contributed by atoms with van der Waals surface area (Å²) >= 11 is 5.89. The van der Waals surface area contributed by atoms with Crippen LogP contribution in [0.25, 0.3) is 0 Å². The monoisotopic (exact) mass is 288 g/mol. The third kappa shape index (κ3) is 3.25. The van der Waals surface area contributed by atoms with Crippen molar-refractivity contribution < 1.29 is 14.3 Å². The van der Waals surface area contributed by atoms with Crippen LogP contribution in [-0.2, 0) is 0 Å². The second kappa shape index (κ2) is 6.35. The minimum Gasteiger partial charge on any atom is -0.422 e. The van der Waals surface area contributed by atoms with Crippen LogP contribution in [0.1, 0.15) is 34.1 Å². The Kier molecular flexibility index (Phi) is 4.53. The first kappa shape index (κ1) is 14.3. The molecule has 0 aliphatic heterocycles. The van der Waals surface area contributed by atoms with Gasteiger partial charge in [-0.2, -0.15) is 0 Å². The lowest BCUT2D eigenvalue weighted by atomic mass is 10.1. The molecule has 2 aromatic carbocycles. The lowest BCUT2D eigenvalue weighted by Gasteiger charge is -2.09. The molecule has 102 valence electrons. The van der Waals surface area contributed by atoms with Crippen molar-refractivity contribution >= 4 is 23.4 Å². The predicted octanol–water partition coefficient (Wildman–Crippen LogP) is 4.15. The molecule has 0 aromatic heterocycles. The molecule has 3 nitrogen and oxygen atoms in total. The zero-order chi connectivity index (χ0) is 14.5. The van der Waals surface area contributed by atoms with E-state index in [4.69, 9.17) is 16.3 Å². The Morgan fingerprint density at radius 1 is 1.10 bits per heavy atom. The second-order valence-electron chi connectivity index (χ2n) is 4.17. The number of ether oxygens (including phenoxy) is 1. The van der Waals surface area contributed by atoms with Crippen LogP contribution in [0.3, 0.4) is 0 Å². The first-order valence-corrected chi connectivity index (χ1v) is 6.59. The molecule has 4 heteroatoms. The largest absolute Gasteiger partial charge is 0.422 e. The van der Waals surface area contributed by atoms with E-state index in [2.05, 4.69) is 0 Å². The fraction of sp³-hybridized carbons (Fsp3) is 0.125. The molecule has 0 aliphatic carbocycles. The Bertz CT molecular complexity index is 635. The van der Waals surface area contributed by atoms with E-state index in [0.29, 0.717) is 22.6 Å². The van der Waals surface area contributed by atoms with Gasteiger partial charge in [-0.15, -0.1) is 0 Å². The van der Waals surface area contributed by atoms with Gasteiger partial charge in [0.1, 0.15) is 5.75 Å². The maximum atomic E-state index is 12.0. The van der Waals surface area contributed by atoms with Crippen LogP contribution in [0.15, 0.2) is 48.5 Å². The maximum Gasteiger partial charge on any atom is 0.343 e. The topological polar surface area (TPSA) is 43.4 Å². The van der Waals surface area contributed by atoms with Gasteiger partial charge in [-0.25, -0.2) is 4.79 Å². The molecule has 0 unspecified atom stereocenters. The molecule has 0 radical (unpaired) electrons.